The zero-order valence-electron chi connectivity index (χ0n) is 21.7. The summed E-state index contributed by atoms with van der Waals surface area (Å²) in [6, 6.07) is 3.59. The molecule has 0 aromatic carbocycles. The molecule has 0 amide bonds. The molecule has 1 aliphatic carbocycles. The molecule has 3 aliphatic rings. The molecule has 2 unspecified atom stereocenters. The minimum atomic E-state index is -0.0935. The lowest BCUT2D eigenvalue weighted by Crippen LogP contribution is -2.46. The van der Waals surface area contributed by atoms with Gasteiger partial charge in [0.1, 0.15) is 5.82 Å². The maximum Gasteiger partial charge on any atom is 0.224 e. The molecule has 1 aromatic rings. The highest BCUT2D eigenvalue weighted by atomic mass is 16.3. The van der Waals surface area contributed by atoms with E-state index < -0.39 is 0 Å². The van der Waals surface area contributed by atoms with Crippen molar-refractivity contribution in [1.82, 2.24) is 19.8 Å². The second kappa shape index (κ2) is 13.0. The van der Waals surface area contributed by atoms with Crippen LogP contribution in [0.25, 0.3) is 0 Å². The summed E-state index contributed by atoms with van der Waals surface area (Å²) < 4.78 is 0. The number of aliphatic hydroxyl groups excluding tert-OH is 1. The van der Waals surface area contributed by atoms with E-state index in [-0.39, 0.29) is 6.10 Å². The third kappa shape index (κ3) is 6.82. The second-order valence-electron chi connectivity index (χ2n) is 10.6. The monoisotopic (exact) mass is 472 g/mol. The van der Waals surface area contributed by atoms with Gasteiger partial charge in [0.05, 0.1) is 6.10 Å². The zero-order chi connectivity index (χ0) is 23.8. The topological polar surface area (TPSA) is 67.8 Å². The summed E-state index contributed by atoms with van der Waals surface area (Å²) >= 11 is 0. The van der Waals surface area contributed by atoms with Crippen LogP contribution in [0, 0.1) is 0 Å². The lowest BCUT2D eigenvalue weighted by Gasteiger charge is -2.38. The van der Waals surface area contributed by atoms with E-state index in [4.69, 9.17) is 4.98 Å². The Labute approximate surface area is 207 Å². The van der Waals surface area contributed by atoms with Crippen molar-refractivity contribution in [2.75, 3.05) is 49.5 Å². The molecule has 3 fully saturated rings. The van der Waals surface area contributed by atoms with Crippen LogP contribution in [-0.4, -0.2) is 88.4 Å². The van der Waals surface area contributed by atoms with Gasteiger partial charge >= 0.3 is 0 Å². The summed E-state index contributed by atoms with van der Waals surface area (Å²) in [5, 5.41) is 13.8. The van der Waals surface area contributed by atoms with Crippen molar-refractivity contribution in [3.8, 4) is 0 Å². The molecule has 7 nitrogen and oxygen atoms in total. The molecule has 1 saturated carbocycles. The summed E-state index contributed by atoms with van der Waals surface area (Å²) in [7, 11) is 0. The van der Waals surface area contributed by atoms with Gasteiger partial charge in [0.25, 0.3) is 0 Å². The van der Waals surface area contributed by atoms with Crippen molar-refractivity contribution in [3.05, 3.63) is 12.3 Å². The fourth-order valence-corrected chi connectivity index (χ4v) is 6.38. The number of hydrogen-bond donors (Lipinski definition) is 2. The number of rotatable bonds is 10. The highest BCUT2D eigenvalue weighted by molar-refractivity contribution is 5.43. The van der Waals surface area contributed by atoms with Crippen molar-refractivity contribution < 1.29 is 5.11 Å². The molecule has 34 heavy (non-hydrogen) atoms. The van der Waals surface area contributed by atoms with Crippen molar-refractivity contribution in [2.45, 2.75) is 109 Å². The average molecular weight is 473 g/mol. The molecule has 7 heteroatoms. The summed E-state index contributed by atoms with van der Waals surface area (Å²) in [4.78, 5) is 17.3. The third-order valence-electron chi connectivity index (χ3n) is 8.48. The molecule has 0 bridgehead atoms. The van der Waals surface area contributed by atoms with Gasteiger partial charge in [0.15, 0.2) is 0 Å². The second-order valence-corrected chi connectivity index (χ2v) is 10.6. The molecule has 1 aromatic heterocycles. The van der Waals surface area contributed by atoms with Crippen molar-refractivity contribution in [1.29, 1.82) is 0 Å². The van der Waals surface area contributed by atoms with Crippen LogP contribution < -0.4 is 10.2 Å². The Morgan fingerprint density at radius 1 is 1.00 bits per heavy atom. The van der Waals surface area contributed by atoms with Gasteiger partial charge in [-0.1, -0.05) is 26.7 Å². The standard InChI is InChI=1S/C27H48N6O/c1-3-31(4-2)18-9-10-25-24(16-21-33(25)22-11-13-23(34)14-12-22)29-27-28-17-15-26(30-27)32-19-7-5-6-8-20-32/h15,17,22-25,34H,3-14,16,18-21H2,1-2H3,(H,28,29,30)/t22-,23+,24?,25?. The molecule has 3 heterocycles. The first-order valence-corrected chi connectivity index (χ1v) is 14.2. The van der Waals surface area contributed by atoms with Crippen LogP contribution >= 0.6 is 0 Å². The van der Waals surface area contributed by atoms with Gasteiger partial charge in [-0.15, -0.1) is 0 Å². The van der Waals surface area contributed by atoms with E-state index in [0.717, 1.165) is 76.6 Å². The van der Waals surface area contributed by atoms with Gasteiger partial charge in [-0.3, -0.25) is 4.90 Å². The van der Waals surface area contributed by atoms with Gasteiger partial charge in [-0.25, -0.2) is 4.98 Å². The Kier molecular flexibility index (Phi) is 9.83. The van der Waals surface area contributed by atoms with E-state index >= 15 is 0 Å². The van der Waals surface area contributed by atoms with Crippen molar-refractivity contribution in [3.63, 3.8) is 0 Å². The first kappa shape index (κ1) is 25.6. The first-order chi connectivity index (χ1) is 16.7. The van der Waals surface area contributed by atoms with Crippen LogP contribution in [0.5, 0.6) is 0 Å². The fourth-order valence-electron chi connectivity index (χ4n) is 6.38. The van der Waals surface area contributed by atoms with Crippen LogP contribution in [-0.2, 0) is 0 Å². The molecule has 2 aliphatic heterocycles. The number of aliphatic hydroxyl groups is 1. The smallest absolute Gasteiger partial charge is 0.224 e. The van der Waals surface area contributed by atoms with Gasteiger partial charge in [0.2, 0.25) is 5.95 Å². The quantitative estimate of drug-likeness (QED) is 0.530. The number of anilines is 2. The summed E-state index contributed by atoms with van der Waals surface area (Å²) in [6.45, 7) is 11.3. The molecule has 0 spiro atoms. The Morgan fingerprint density at radius 2 is 1.74 bits per heavy atom. The molecule has 2 saturated heterocycles. The Balaban J connectivity index is 1.42. The number of likely N-dealkylation sites (tertiary alicyclic amines) is 1. The highest BCUT2D eigenvalue weighted by Crippen LogP contribution is 2.33. The summed E-state index contributed by atoms with van der Waals surface area (Å²) in [6.07, 6.45) is 14.8. The van der Waals surface area contributed by atoms with Gasteiger partial charge < -0.3 is 20.2 Å². The van der Waals surface area contributed by atoms with Crippen LogP contribution in [0.2, 0.25) is 0 Å². The van der Waals surface area contributed by atoms with Crippen molar-refractivity contribution >= 4 is 11.8 Å². The normalized spacial score (nSPS) is 28.9. The number of nitrogens with one attached hydrogen (secondary N) is 1. The minimum absolute atomic E-state index is 0.0935. The number of nitrogens with zero attached hydrogens (tertiary/aromatic N) is 5. The summed E-state index contributed by atoms with van der Waals surface area (Å²) in [5.41, 5.74) is 0. The predicted molar refractivity (Wildman–Crippen MR) is 141 cm³/mol. The molecular formula is C27H48N6O. The van der Waals surface area contributed by atoms with Gasteiger partial charge in [-0.2, -0.15) is 4.98 Å². The number of hydrogen-bond acceptors (Lipinski definition) is 7. The largest absolute Gasteiger partial charge is 0.393 e. The molecule has 0 radical (unpaired) electrons. The molecule has 4 rings (SSSR count). The van der Waals surface area contributed by atoms with Crippen LogP contribution in [0.15, 0.2) is 12.3 Å². The fraction of sp³-hybridized carbons (Fsp3) is 0.852. The van der Waals surface area contributed by atoms with E-state index in [2.05, 4.69) is 44.9 Å². The van der Waals surface area contributed by atoms with Crippen LogP contribution in [0.3, 0.4) is 0 Å². The van der Waals surface area contributed by atoms with Crippen LogP contribution in [0.4, 0.5) is 11.8 Å². The molecule has 192 valence electrons. The Bertz CT molecular complexity index is 713. The SMILES string of the molecule is CCN(CC)CCCC1C(Nc2nccc(N3CCCCCC3)n2)CCN1[C@H]1CC[C@@H](O)CC1. The van der Waals surface area contributed by atoms with E-state index in [9.17, 15) is 5.11 Å². The lowest BCUT2D eigenvalue weighted by atomic mass is 9.91. The highest BCUT2D eigenvalue weighted by Gasteiger charge is 2.39. The number of aromatic nitrogens is 2. The minimum Gasteiger partial charge on any atom is -0.393 e. The van der Waals surface area contributed by atoms with Crippen molar-refractivity contribution in [2.24, 2.45) is 0 Å². The Morgan fingerprint density at radius 3 is 2.44 bits per heavy atom. The zero-order valence-corrected chi connectivity index (χ0v) is 21.7. The first-order valence-electron chi connectivity index (χ1n) is 14.2. The van der Waals surface area contributed by atoms with E-state index in [1.54, 1.807) is 0 Å². The maximum absolute atomic E-state index is 10.0. The average Bonchev–Trinajstić information content (AvgIpc) is 3.06. The lowest BCUT2D eigenvalue weighted by molar-refractivity contribution is 0.0643. The molecular weight excluding hydrogens is 424 g/mol. The maximum atomic E-state index is 10.0. The predicted octanol–water partition coefficient (Wildman–Crippen LogP) is 4.14. The van der Waals surface area contributed by atoms with E-state index in [1.807, 2.05) is 6.20 Å². The van der Waals surface area contributed by atoms with E-state index in [1.165, 1.54) is 45.1 Å². The molecule has 2 N–H and O–H groups in total. The third-order valence-corrected chi connectivity index (χ3v) is 8.48. The summed E-state index contributed by atoms with van der Waals surface area (Å²) in [5.74, 6) is 1.87. The van der Waals surface area contributed by atoms with Gasteiger partial charge in [0, 0.05) is 44.0 Å². The van der Waals surface area contributed by atoms with Gasteiger partial charge in [-0.05, 0) is 83.5 Å². The Hall–Kier alpha value is -1.44. The molecule has 2 atom stereocenters. The van der Waals surface area contributed by atoms with E-state index in [0.29, 0.717) is 18.1 Å². The van der Waals surface area contributed by atoms with Crippen LogP contribution in [0.1, 0.15) is 84.5 Å².